The number of hydrogen-bond donors (Lipinski definition) is 0. The van der Waals surface area contributed by atoms with Crippen molar-refractivity contribution in [2.24, 2.45) is 0 Å². The molecule has 1 aromatic heterocycles. The van der Waals surface area contributed by atoms with E-state index in [1.54, 1.807) is 0 Å². The normalized spacial score (nSPS) is 10.4. The summed E-state index contributed by atoms with van der Waals surface area (Å²) in [6.45, 7) is 4.31. The van der Waals surface area contributed by atoms with Gasteiger partial charge in [0.05, 0.1) is 0 Å². The van der Waals surface area contributed by atoms with Crippen molar-refractivity contribution >= 4 is 36.5 Å². The molecule has 0 amide bonds. The van der Waals surface area contributed by atoms with Gasteiger partial charge in [0.2, 0.25) is 0 Å². The first-order valence-electron chi connectivity index (χ1n) is 4.60. The minimum absolute atomic E-state index is 0.432. The Kier molecular flexibility index (Phi) is 5.10. The van der Waals surface area contributed by atoms with Gasteiger partial charge in [0.25, 0.3) is 0 Å². The van der Waals surface area contributed by atoms with E-state index >= 15 is 0 Å². The fraction of sp³-hybridized carbons (Fsp3) is 0.500. The second kappa shape index (κ2) is 5.86. The van der Waals surface area contributed by atoms with E-state index in [4.69, 9.17) is 11.6 Å². The monoisotopic (exact) mass is 303 g/mol. The van der Waals surface area contributed by atoms with Crippen LogP contribution in [0.25, 0.3) is 0 Å². The molecular formula is C10H14ClNSn. The Labute approximate surface area is 95.1 Å². The van der Waals surface area contributed by atoms with Gasteiger partial charge in [0.15, 0.2) is 0 Å². The van der Waals surface area contributed by atoms with Crippen LogP contribution in [0.1, 0.15) is 25.3 Å². The van der Waals surface area contributed by atoms with E-state index < -0.39 is 21.1 Å². The Morgan fingerprint density at radius 2 is 2.23 bits per heavy atom. The summed E-state index contributed by atoms with van der Waals surface area (Å²) in [5.41, 5.74) is 1.24. The van der Waals surface area contributed by atoms with Crippen LogP contribution in [0.5, 0.6) is 0 Å². The summed E-state index contributed by atoms with van der Waals surface area (Å²) in [4.78, 5) is 4.35. The topological polar surface area (TPSA) is 12.9 Å². The van der Waals surface area contributed by atoms with Crippen molar-refractivity contribution in [3.8, 4) is 0 Å². The summed E-state index contributed by atoms with van der Waals surface area (Å²) in [6, 6.07) is 4.11. The zero-order valence-electron chi connectivity index (χ0n) is 8.10. The first-order chi connectivity index (χ1) is 6.22. The molecular weight excluding hydrogens is 288 g/mol. The van der Waals surface area contributed by atoms with Gasteiger partial charge in [-0.15, -0.1) is 0 Å². The van der Waals surface area contributed by atoms with Gasteiger partial charge in [0, 0.05) is 0 Å². The molecule has 0 saturated heterocycles. The molecule has 1 heterocycles. The van der Waals surface area contributed by atoms with Crippen molar-refractivity contribution in [1.82, 2.24) is 4.98 Å². The average Bonchev–Trinajstić information content (AvgIpc) is 2.03. The van der Waals surface area contributed by atoms with E-state index in [1.807, 2.05) is 6.07 Å². The predicted molar refractivity (Wildman–Crippen MR) is 59.1 cm³/mol. The zero-order valence-corrected chi connectivity index (χ0v) is 11.7. The van der Waals surface area contributed by atoms with Crippen LogP contribution in [0.2, 0.25) is 9.59 Å². The van der Waals surface area contributed by atoms with Crippen molar-refractivity contribution in [3.63, 3.8) is 0 Å². The quantitative estimate of drug-likeness (QED) is 0.473. The van der Waals surface area contributed by atoms with Gasteiger partial charge in [-0.1, -0.05) is 0 Å². The zero-order chi connectivity index (χ0) is 9.68. The number of aromatic nitrogens is 1. The fourth-order valence-electron chi connectivity index (χ4n) is 1.11. The molecule has 0 atom stereocenters. The SMILES string of the molecule is CCC[CH2][Sn][c]1cc(C)cc(Cl)n1. The van der Waals surface area contributed by atoms with Crippen LogP contribution in [0.4, 0.5) is 0 Å². The van der Waals surface area contributed by atoms with Crippen molar-refractivity contribution < 1.29 is 0 Å². The third-order valence-corrected chi connectivity index (χ3v) is 5.46. The second-order valence-corrected chi connectivity index (χ2v) is 7.42. The Bertz CT molecular complexity index is 255. The van der Waals surface area contributed by atoms with Crippen molar-refractivity contribution in [2.75, 3.05) is 0 Å². The standard InChI is InChI=1S/C6H5ClN.C4H9.Sn/c1-5-2-3-8-6(7)4-5;1-3-4-2;/h2,4H,1H3;1,3-4H2,2H3;. The van der Waals surface area contributed by atoms with E-state index in [2.05, 4.69) is 24.9 Å². The Hall–Kier alpha value is 0.239. The van der Waals surface area contributed by atoms with Crippen molar-refractivity contribution in [1.29, 1.82) is 0 Å². The molecule has 0 aliphatic rings. The molecule has 0 aromatic carbocycles. The number of pyridine rings is 1. The van der Waals surface area contributed by atoms with Crippen LogP contribution in [-0.4, -0.2) is 26.1 Å². The minimum atomic E-state index is -0.432. The van der Waals surface area contributed by atoms with Crippen LogP contribution in [-0.2, 0) is 0 Å². The summed E-state index contributed by atoms with van der Waals surface area (Å²) in [5, 5.41) is 0.660. The predicted octanol–water partition coefficient (Wildman–Crippen LogP) is 2.59. The summed E-state index contributed by atoms with van der Waals surface area (Å²) in [7, 11) is 0. The maximum absolute atomic E-state index is 5.88. The summed E-state index contributed by atoms with van der Waals surface area (Å²) in [5.74, 6) is 0. The molecule has 0 spiro atoms. The molecule has 1 nitrogen and oxygen atoms in total. The maximum atomic E-state index is 5.88. The third-order valence-electron chi connectivity index (χ3n) is 1.77. The van der Waals surface area contributed by atoms with E-state index in [1.165, 1.54) is 26.6 Å². The van der Waals surface area contributed by atoms with E-state index in [0.717, 1.165) is 0 Å². The summed E-state index contributed by atoms with van der Waals surface area (Å²) < 4.78 is 2.68. The van der Waals surface area contributed by atoms with Gasteiger partial charge in [-0.2, -0.15) is 0 Å². The van der Waals surface area contributed by atoms with E-state index in [9.17, 15) is 0 Å². The molecule has 0 aliphatic carbocycles. The Balaban J connectivity index is 2.56. The van der Waals surface area contributed by atoms with Crippen molar-refractivity contribution in [3.05, 3.63) is 22.8 Å². The van der Waals surface area contributed by atoms with Gasteiger partial charge >= 0.3 is 95.4 Å². The molecule has 0 bridgehead atoms. The van der Waals surface area contributed by atoms with Crippen LogP contribution in [0, 0.1) is 6.92 Å². The number of halogens is 1. The van der Waals surface area contributed by atoms with Gasteiger partial charge in [-0.3, -0.25) is 0 Å². The molecule has 0 unspecified atom stereocenters. The number of rotatable bonds is 4. The molecule has 1 rings (SSSR count). The molecule has 1 aromatic rings. The molecule has 0 fully saturated rings. The first kappa shape index (κ1) is 11.3. The number of aryl methyl sites for hydroxylation is 1. The Morgan fingerprint density at radius 3 is 2.85 bits per heavy atom. The Morgan fingerprint density at radius 1 is 1.46 bits per heavy atom. The molecule has 0 N–H and O–H groups in total. The van der Waals surface area contributed by atoms with E-state index in [0.29, 0.717) is 5.15 Å². The number of hydrogen-bond acceptors (Lipinski definition) is 1. The van der Waals surface area contributed by atoms with Crippen LogP contribution in [0.15, 0.2) is 12.1 Å². The summed E-state index contributed by atoms with van der Waals surface area (Å²) >= 11 is 5.45. The van der Waals surface area contributed by atoms with Crippen molar-refractivity contribution in [2.45, 2.75) is 31.1 Å². The molecule has 3 heteroatoms. The molecule has 0 saturated carbocycles. The average molecular weight is 302 g/mol. The van der Waals surface area contributed by atoms with Gasteiger partial charge in [-0.05, 0) is 0 Å². The van der Waals surface area contributed by atoms with Crippen LogP contribution < -0.4 is 3.71 Å². The van der Waals surface area contributed by atoms with Gasteiger partial charge < -0.3 is 0 Å². The molecule has 70 valence electrons. The van der Waals surface area contributed by atoms with Gasteiger partial charge in [0.1, 0.15) is 0 Å². The van der Waals surface area contributed by atoms with Crippen LogP contribution in [0.3, 0.4) is 0 Å². The number of unbranched alkanes of at least 4 members (excludes halogenated alkanes) is 1. The molecule has 13 heavy (non-hydrogen) atoms. The first-order valence-corrected chi connectivity index (χ1v) is 8.42. The number of nitrogens with zero attached hydrogens (tertiary/aromatic N) is 1. The third kappa shape index (κ3) is 4.32. The molecule has 2 radical (unpaired) electrons. The fourth-order valence-corrected chi connectivity index (χ4v) is 5.33. The van der Waals surface area contributed by atoms with Gasteiger partial charge in [-0.25, -0.2) is 0 Å². The molecule has 0 aliphatic heterocycles. The summed E-state index contributed by atoms with van der Waals surface area (Å²) in [6.07, 6.45) is 2.64. The van der Waals surface area contributed by atoms with E-state index in [-0.39, 0.29) is 0 Å². The second-order valence-electron chi connectivity index (χ2n) is 3.13. The van der Waals surface area contributed by atoms with Crippen LogP contribution >= 0.6 is 11.6 Å².